The standard InChI is InChI=1S/C17H14BrN3O2/c18-14-9-7-13(8-10-14)16-20-21-17(23-16)19-15(22)11-6-12-4-2-1-3-5-12/h1-5,7-10H,6,11H2,(H,19,21,22). The molecule has 0 aliphatic carbocycles. The monoisotopic (exact) mass is 371 g/mol. The van der Waals surface area contributed by atoms with E-state index in [2.05, 4.69) is 31.4 Å². The molecule has 0 bridgehead atoms. The molecule has 0 radical (unpaired) electrons. The lowest BCUT2D eigenvalue weighted by Gasteiger charge is -2.01. The Kier molecular flexibility index (Phi) is 4.83. The molecule has 0 atom stereocenters. The van der Waals surface area contributed by atoms with Crippen LogP contribution >= 0.6 is 15.9 Å². The zero-order chi connectivity index (χ0) is 16.1. The number of carbonyl (C=O) groups excluding carboxylic acids is 1. The fourth-order valence-corrected chi connectivity index (χ4v) is 2.33. The van der Waals surface area contributed by atoms with Crippen molar-refractivity contribution in [2.24, 2.45) is 0 Å². The summed E-state index contributed by atoms with van der Waals surface area (Å²) in [5, 5.41) is 10.4. The van der Waals surface area contributed by atoms with Crippen LogP contribution in [0.5, 0.6) is 0 Å². The molecule has 3 aromatic rings. The van der Waals surface area contributed by atoms with Crippen molar-refractivity contribution in [3.05, 3.63) is 64.6 Å². The van der Waals surface area contributed by atoms with E-state index >= 15 is 0 Å². The summed E-state index contributed by atoms with van der Waals surface area (Å²) in [7, 11) is 0. The summed E-state index contributed by atoms with van der Waals surface area (Å²) in [6.07, 6.45) is 1.03. The van der Waals surface area contributed by atoms with E-state index in [0.29, 0.717) is 18.7 Å². The van der Waals surface area contributed by atoms with Crippen LogP contribution in [0.3, 0.4) is 0 Å². The molecule has 23 heavy (non-hydrogen) atoms. The van der Waals surface area contributed by atoms with Crippen molar-refractivity contribution < 1.29 is 9.21 Å². The van der Waals surface area contributed by atoms with Crippen LogP contribution in [0.1, 0.15) is 12.0 Å². The molecule has 2 aromatic carbocycles. The predicted molar refractivity (Wildman–Crippen MR) is 90.8 cm³/mol. The number of hydrogen-bond donors (Lipinski definition) is 1. The van der Waals surface area contributed by atoms with Gasteiger partial charge >= 0.3 is 6.01 Å². The highest BCUT2D eigenvalue weighted by atomic mass is 79.9. The minimum atomic E-state index is -0.153. The van der Waals surface area contributed by atoms with E-state index in [9.17, 15) is 4.79 Å². The molecule has 0 spiro atoms. The molecule has 116 valence electrons. The third kappa shape index (κ3) is 4.26. The maximum atomic E-state index is 11.9. The largest absolute Gasteiger partial charge is 0.403 e. The minimum absolute atomic E-state index is 0.112. The summed E-state index contributed by atoms with van der Waals surface area (Å²) in [6.45, 7) is 0. The Balaban J connectivity index is 1.58. The smallest absolute Gasteiger partial charge is 0.322 e. The molecule has 0 aliphatic heterocycles. The Hall–Kier alpha value is -2.47. The summed E-state index contributed by atoms with van der Waals surface area (Å²) >= 11 is 3.37. The van der Waals surface area contributed by atoms with Crippen LogP contribution in [0, 0.1) is 0 Å². The van der Waals surface area contributed by atoms with Crippen LogP contribution in [0.2, 0.25) is 0 Å². The Morgan fingerprint density at radius 2 is 1.78 bits per heavy atom. The van der Waals surface area contributed by atoms with Crippen LogP contribution in [-0.2, 0) is 11.2 Å². The Labute approximate surface area is 141 Å². The van der Waals surface area contributed by atoms with E-state index in [-0.39, 0.29) is 11.9 Å². The number of hydrogen-bond acceptors (Lipinski definition) is 4. The van der Waals surface area contributed by atoms with Gasteiger partial charge in [0, 0.05) is 16.5 Å². The van der Waals surface area contributed by atoms with Crippen LogP contribution < -0.4 is 5.32 Å². The van der Waals surface area contributed by atoms with Crippen LogP contribution in [-0.4, -0.2) is 16.1 Å². The van der Waals surface area contributed by atoms with E-state index in [0.717, 1.165) is 15.6 Å². The van der Waals surface area contributed by atoms with E-state index < -0.39 is 0 Å². The van der Waals surface area contributed by atoms with Gasteiger partial charge in [-0.2, -0.15) is 0 Å². The van der Waals surface area contributed by atoms with Gasteiger partial charge in [-0.05, 0) is 36.2 Å². The van der Waals surface area contributed by atoms with Crippen LogP contribution in [0.4, 0.5) is 6.01 Å². The third-order valence-corrected chi connectivity index (χ3v) is 3.77. The van der Waals surface area contributed by atoms with Gasteiger partial charge < -0.3 is 4.42 Å². The first kappa shape index (κ1) is 15.4. The number of carbonyl (C=O) groups is 1. The lowest BCUT2D eigenvalue weighted by molar-refractivity contribution is -0.116. The quantitative estimate of drug-likeness (QED) is 0.733. The van der Waals surface area contributed by atoms with Crippen molar-refractivity contribution in [1.82, 2.24) is 10.2 Å². The Bertz CT molecular complexity index is 785. The lowest BCUT2D eigenvalue weighted by Crippen LogP contribution is -2.12. The second kappa shape index (κ2) is 7.19. The topological polar surface area (TPSA) is 68.0 Å². The normalized spacial score (nSPS) is 10.5. The number of nitrogens with one attached hydrogen (secondary N) is 1. The molecule has 1 aromatic heterocycles. The number of halogens is 1. The average Bonchev–Trinajstić information content (AvgIpc) is 3.03. The molecule has 3 rings (SSSR count). The predicted octanol–water partition coefficient (Wildman–Crippen LogP) is 4.07. The molecule has 0 saturated carbocycles. The van der Waals surface area contributed by atoms with Crippen molar-refractivity contribution in [3.63, 3.8) is 0 Å². The fourth-order valence-electron chi connectivity index (χ4n) is 2.07. The number of nitrogens with zero attached hydrogens (tertiary/aromatic N) is 2. The second-order valence-corrected chi connectivity index (χ2v) is 5.87. The SMILES string of the molecule is O=C(CCc1ccccc1)Nc1nnc(-c2ccc(Br)cc2)o1. The first-order chi connectivity index (χ1) is 11.2. The number of benzene rings is 2. The van der Waals surface area contributed by atoms with Gasteiger partial charge in [-0.3, -0.25) is 10.1 Å². The van der Waals surface area contributed by atoms with Gasteiger partial charge in [-0.1, -0.05) is 51.4 Å². The number of aromatic nitrogens is 2. The van der Waals surface area contributed by atoms with Gasteiger partial charge in [0.1, 0.15) is 0 Å². The number of aryl methyl sites for hydroxylation is 1. The van der Waals surface area contributed by atoms with Crippen molar-refractivity contribution >= 4 is 27.9 Å². The molecule has 0 fully saturated rings. The maximum absolute atomic E-state index is 11.9. The van der Waals surface area contributed by atoms with E-state index in [1.54, 1.807) is 0 Å². The molecular formula is C17H14BrN3O2. The molecule has 0 aliphatic rings. The summed E-state index contributed by atoms with van der Waals surface area (Å²) in [6, 6.07) is 17.4. The molecule has 0 saturated heterocycles. The first-order valence-corrected chi connectivity index (χ1v) is 7.93. The van der Waals surface area contributed by atoms with Gasteiger partial charge in [-0.15, -0.1) is 5.10 Å². The van der Waals surface area contributed by atoms with Crippen LogP contribution in [0.15, 0.2) is 63.5 Å². The van der Waals surface area contributed by atoms with Gasteiger partial charge in [0.2, 0.25) is 11.8 Å². The van der Waals surface area contributed by atoms with Crippen molar-refractivity contribution in [2.45, 2.75) is 12.8 Å². The highest BCUT2D eigenvalue weighted by Crippen LogP contribution is 2.22. The van der Waals surface area contributed by atoms with E-state index in [1.165, 1.54) is 0 Å². The van der Waals surface area contributed by atoms with Crippen molar-refractivity contribution in [1.29, 1.82) is 0 Å². The van der Waals surface area contributed by atoms with Crippen molar-refractivity contribution in [2.75, 3.05) is 5.32 Å². The Morgan fingerprint density at radius 1 is 1.04 bits per heavy atom. The molecule has 5 nitrogen and oxygen atoms in total. The van der Waals surface area contributed by atoms with Gasteiger partial charge in [0.15, 0.2) is 0 Å². The summed E-state index contributed by atoms with van der Waals surface area (Å²) < 4.78 is 6.43. The number of amides is 1. The maximum Gasteiger partial charge on any atom is 0.322 e. The molecule has 1 heterocycles. The molecule has 6 heteroatoms. The molecule has 1 N–H and O–H groups in total. The highest BCUT2D eigenvalue weighted by Gasteiger charge is 2.11. The molecule has 1 amide bonds. The van der Waals surface area contributed by atoms with Crippen LogP contribution in [0.25, 0.3) is 11.5 Å². The van der Waals surface area contributed by atoms with E-state index in [4.69, 9.17) is 4.42 Å². The number of rotatable bonds is 5. The molecular weight excluding hydrogens is 358 g/mol. The van der Waals surface area contributed by atoms with E-state index in [1.807, 2.05) is 54.6 Å². The van der Waals surface area contributed by atoms with Gasteiger partial charge in [0.25, 0.3) is 0 Å². The third-order valence-electron chi connectivity index (χ3n) is 3.25. The lowest BCUT2D eigenvalue weighted by atomic mass is 10.1. The first-order valence-electron chi connectivity index (χ1n) is 7.14. The summed E-state index contributed by atoms with van der Waals surface area (Å²) in [5.41, 5.74) is 1.91. The summed E-state index contributed by atoms with van der Waals surface area (Å²) in [4.78, 5) is 11.9. The number of anilines is 1. The zero-order valence-corrected chi connectivity index (χ0v) is 13.8. The highest BCUT2D eigenvalue weighted by molar-refractivity contribution is 9.10. The van der Waals surface area contributed by atoms with Gasteiger partial charge in [0.05, 0.1) is 0 Å². The fraction of sp³-hybridized carbons (Fsp3) is 0.118. The van der Waals surface area contributed by atoms with Gasteiger partial charge in [-0.25, -0.2) is 0 Å². The Morgan fingerprint density at radius 3 is 2.52 bits per heavy atom. The molecule has 0 unspecified atom stereocenters. The zero-order valence-electron chi connectivity index (χ0n) is 12.2. The average molecular weight is 372 g/mol. The second-order valence-electron chi connectivity index (χ2n) is 4.95. The van der Waals surface area contributed by atoms with Crippen molar-refractivity contribution in [3.8, 4) is 11.5 Å². The minimum Gasteiger partial charge on any atom is -0.403 e. The summed E-state index contributed by atoms with van der Waals surface area (Å²) in [5.74, 6) is 0.218.